The van der Waals surface area contributed by atoms with Crippen LogP contribution in [0.5, 0.6) is 0 Å². The van der Waals surface area contributed by atoms with Gasteiger partial charge in [-0.15, -0.1) is 0 Å². The van der Waals surface area contributed by atoms with E-state index in [-0.39, 0.29) is 0 Å². The molecule has 0 bridgehead atoms. The van der Waals surface area contributed by atoms with Gasteiger partial charge in [-0.25, -0.2) is 0 Å². The molecule has 0 aromatic heterocycles. The maximum absolute atomic E-state index is 2.19. The zero-order valence-electron chi connectivity index (χ0n) is 8.06. The molecule has 0 N–H and O–H groups in total. The molecule has 1 heteroatoms. The van der Waals surface area contributed by atoms with Crippen molar-refractivity contribution in [1.29, 1.82) is 0 Å². The van der Waals surface area contributed by atoms with E-state index in [0.29, 0.717) is 5.54 Å². The van der Waals surface area contributed by atoms with E-state index in [1.807, 2.05) is 10.2 Å². The molecule has 0 fully saturated rings. The molecule has 2 rings (SSSR count). The summed E-state index contributed by atoms with van der Waals surface area (Å²) < 4.78 is 0. The number of benzene rings is 2. The first-order valence-corrected chi connectivity index (χ1v) is 5.62. The summed E-state index contributed by atoms with van der Waals surface area (Å²) in [5.41, 5.74) is 3.28. The third kappa shape index (κ3) is 1.94. The van der Waals surface area contributed by atoms with E-state index >= 15 is 0 Å². The monoisotopic (exact) mass is 197 g/mol. The van der Waals surface area contributed by atoms with E-state index in [0.717, 1.165) is 0 Å². The van der Waals surface area contributed by atoms with E-state index in [1.165, 1.54) is 11.1 Å². The molecule has 1 radical (unpaired) electrons. The Hall–Kier alpha value is -1.34. The van der Waals surface area contributed by atoms with Crippen molar-refractivity contribution in [2.24, 2.45) is 0 Å². The van der Waals surface area contributed by atoms with Crippen LogP contribution in [0, 0.1) is 0 Å². The largest absolute Gasteiger partial charge is 0.0622 e. The van der Waals surface area contributed by atoms with Gasteiger partial charge >= 0.3 is 0 Å². The van der Waals surface area contributed by atoms with Crippen LogP contribution in [-0.2, 0) is 0 Å². The fourth-order valence-corrected chi connectivity index (χ4v) is 2.11. The van der Waals surface area contributed by atoms with Crippen LogP contribution in [0.3, 0.4) is 0 Å². The Morgan fingerprint density at radius 1 is 0.643 bits per heavy atom. The second kappa shape index (κ2) is 4.25. The molecule has 0 nitrogen and oxygen atoms in total. The van der Waals surface area contributed by atoms with Crippen LogP contribution in [0.4, 0.5) is 0 Å². The molecule has 69 valence electrons. The van der Waals surface area contributed by atoms with Crippen LogP contribution < -0.4 is 0 Å². The summed E-state index contributed by atoms with van der Waals surface area (Å²) >= 11 is 0. The summed E-state index contributed by atoms with van der Waals surface area (Å²) in [5.74, 6) is 0. The van der Waals surface area contributed by atoms with Gasteiger partial charge in [0.15, 0.2) is 0 Å². The number of rotatable bonds is 2. The minimum atomic E-state index is 0.511. The molecule has 2 aromatic carbocycles. The molecule has 0 saturated carbocycles. The van der Waals surface area contributed by atoms with Crippen LogP contribution >= 0.6 is 0 Å². The number of hydrogen-bond acceptors (Lipinski definition) is 0. The maximum Gasteiger partial charge on any atom is 0.0239 e. The highest BCUT2D eigenvalue weighted by Gasteiger charge is 2.05. The zero-order chi connectivity index (χ0) is 9.80. The number of hydrogen-bond donors (Lipinski definition) is 0. The van der Waals surface area contributed by atoms with E-state index in [4.69, 9.17) is 0 Å². The van der Waals surface area contributed by atoms with Gasteiger partial charge in [0, 0.05) is 10.2 Å². The van der Waals surface area contributed by atoms with Gasteiger partial charge in [-0.3, -0.25) is 0 Å². The molecular formula is C13H13Si. The van der Waals surface area contributed by atoms with Gasteiger partial charge in [-0.1, -0.05) is 60.7 Å². The normalized spacial score (nSPS) is 10.4. The Bertz CT molecular complexity index is 341. The molecule has 0 aliphatic carbocycles. The van der Waals surface area contributed by atoms with E-state index in [1.54, 1.807) is 0 Å². The first-order valence-electron chi connectivity index (χ1n) is 4.81. The van der Waals surface area contributed by atoms with Gasteiger partial charge in [0.25, 0.3) is 0 Å². The van der Waals surface area contributed by atoms with Crippen LogP contribution in [0.2, 0.25) is 0 Å². The van der Waals surface area contributed by atoms with Gasteiger partial charge in [-0.2, -0.15) is 0 Å². The summed E-state index contributed by atoms with van der Waals surface area (Å²) in [6.07, 6.45) is 0. The summed E-state index contributed by atoms with van der Waals surface area (Å²) in [4.78, 5) is 0. The van der Waals surface area contributed by atoms with Crippen LogP contribution in [0.25, 0.3) is 0 Å². The minimum absolute atomic E-state index is 0.511. The molecule has 0 aliphatic rings. The first-order chi connectivity index (χ1) is 6.88. The van der Waals surface area contributed by atoms with E-state index < -0.39 is 0 Å². The van der Waals surface area contributed by atoms with Crippen molar-refractivity contribution in [3.63, 3.8) is 0 Å². The lowest BCUT2D eigenvalue weighted by atomic mass is 10.0. The lowest BCUT2D eigenvalue weighted by Gasteiger charge is -2.11. The summed E-state index contributed by atoms with van der Waals surface area (Å²) in [5, 5.41) is 0. The Labute approximate surface area is 88.0 Å². The smallest absolute Gasteiger partial charge is 0.0239 e. The predicted octanol–water partition coefficient (Wildman–Crippen LogP) is 2.41. The second-order valence-corrected chi connectivity index (χ2v) is 4.19. The molecule has 0 unspecified atom stereocenters. The quantitative estimate of drug-likeness (QED) is 0.649. The third-order valence-corrected chi connectivity index (χ3v) is 3.35. The summed E-state index contributed by atoms with van der Waals surface area (Å²) in [7, 11) is 2.03. The maximum atomic E-state index is 2.19. The van der Waals surface area contributed by atoms with E-state index in [2.05, 4.69) is 60.7 Å². The van der Waals surface area contributed by atoms with Gasteiger partial charge in [0.05, 0.1) is 0 Å². The Kier molecular flexibility index (Phi) is 2.80. The fourth-order valence-electron chi connectivity index (χ4n) is 1.56. The first kappa shape index (κ1) is 9.22. The molecule has 0 atom stereocenters. The van der Waals surface area contributed by atoms with Crippen molar-refractivity contribution in [3.05, 3.63) is 71.8 Å². The van der Waals surface area contributed by atoms with Crippen LogP contribution in [-0.4, -0.2) is 10.2 Å². The Morgan fingerprint density at radius 3 is 1.36 bits per heavy atom. The zero-order valence-corrected chi connectivity index (χ0v) is 9.47. The lowest BCUT2D eigenvalue weighted by Crippen LogP contribution is -1.99. The molecule has 0 saturated heterocycles. The fraction of sp³-hybridized carbons (Fsp3) is 0.0769. The molecule has 0 spiro atoms. The van der Waals surface area contributed by atoms with E-state index in [9.17, 15) is 0 Å². The van der Waals surface area contributed by atoms with Crippen LogP contribution in [0.1, 0.15) is 16.7 Å². The van der Waals surface area contributed by atoms with Crippen molar-refractivity contribution in [2.45, 2.75) is 5.54 Å². The molecule has 14 heavy (non-hydrogen) atoms. The van der Waals surface area contributed by atoms with Crippen molar-refractivity contribution in [2.75, 3.05) is 0 Å². The standard InChI is InChI=1S/C13H13Si/c14-13(11-7-3-1-4-8-11)12-9-5-2-6-10-12/h1-10,13H,14H2. The highest BCUT2D eigenvalue weighted by molar-refractivity contribution is 6.14. The SMILES string of the molecule is [SiH2]C(c1ccccc1)c1ccccc1. The topological polar surface area (TPSA) is 0 Å². The molecular weight excluding hydrogens is 184 g/mol. The average Bonchev–Trinajstić information content (AvgIpc) is 2.30. The lowest BCUT2D eigenvalue weighted by molar-refractivity contribution is 1.14. The Morgan fingerprint density at radius 2 is 1.00 bits per heavy atom. The molecule has 0 amide bonds. The summed E-state index contributed by atoms with van der Waals surface area (Å²) in [6.45, 7) is 0. The van der Waals surface area contributed by atoms with Crippen molar-refractivity contribution in [1.82, 2.24) is 0 Å². The van der Waals surface area contributed by atoms with Gasteiger partial charge < -0.3 is 0 Å². The van der Waals surface area contributed by atoms with Gasteiger partial charge in [0.2, 0.25) is 0 Å². The van der Waals surface area contributed by atoms with Crippen molar-refractivity contribution >= 4 is 10.2 Å². The highest BCUT2D eigenvalue weighted by atomic mass is 28.1. The molecule has 0 heterocycles. The minimum Gasteiger partial charge on any atom is -0.0622 e. The summed E-state index contributed by atoms with van der Waals surface area (Å²) in [6, 6.07) is 21.2. The van der Waals surface area contributed by atoms with Crippen molar-refractivity contribution in [3.8, 4) is 0 Å². The predicted molar refractivity (Wildman–Crippen MR) is 63.3 cm³/mol. The van der Waals surface area contributed by atoms with Gasteiger partial charge in [-0.05, 0) is 16.7 Å². The second-order valence-electron chi connectivity index (χ2n) is 3.37. The van der Waals surface area contributed by atoms with Gasteiger partial charge in [0.1, 0.15) is 0 Å². The third-order valence-electron chi connectivity index (χ3n) is 2.40. The Balaban J connectivity index is 2.30. The average molecular weight is 197 g/mol. The van der Waals surface area contributed by atoms with Crippen molar-refractivity contribution < 1.29 is 0 Å². The van der Waals surface area contributed by atoms with Crippen LogP contribution in [0.15, 0.2) is 60.7 Å². The molecule has 0 aliphatic heterocycles. The molecule has 2 aromatic rings. The highest BCUT2D eigenvalue weighted by Crippen LogP contribution is 2.20.